The van der Waals surface area contributed by atoms with Gasteiger partial charge >= 0.3 is 0 Å². The first-order chi connectivity index (χ1) is 14.7. The molecular weight excluding hydrogens is 378 g/mol. The maximum Gasteiger partial charge on any atom is 0.233 e. The monoisotopic (exact) mass is 401 g/mol. The lowest BCUT2D eigenvalue weighted by atomic mass is 9.93. The first-order valence-corrected chi connectivity index (χ1v) is 10.7. The molecule has 0 atom stereocenters. The van der Waals surface area contributed by atoms with E-state index in [-0.39, 0.29) is 17.4 Å². The van der Waals surface area contributed by atoms with Gasteiger partial charge < -0.3 is 14.2 Å². The van der Waals surface area contributed by atoms with Crippen molar-refractivity contribution < 1.29 is 14.1 Å². The number of ether oxygens (including phenoxy) is 1. The predicted octanol–water partition coefficient (Wildman–Crippen LogP) is 3.94. The van der Waals surface area contributed by atoms with Crippen LogP contribution >= 0.6 is 0 Å². The van der Waals surface area contributed by atoms with Crippen LogP contribution in [-0.2, 0) is 10.2 Å². The lowest BCUT2D eigenvalue weighted by Crippen LogP contribution is -2.58. The Hall–Kier alpha value is -3.15. The Bertz CT molecular complexity index is 1060. The van der Waals surface area contributed by atoms with Gasteiger partial charge in [0.2, 0.25) is 17.6 Å². The fraction of sp³-hybridized carbons (Fsp3) is 0.375. The van der Waals surface area contributed by atoms with E-state index in [0.717, 1.165) is 48.5 Å². The zero-order valence-electron chi connectivity index (χ0n) is 16.7. The molecule has 2 aliphatic carbocycles. The molecule has 3 aliphatic rings. The Balaban J connectivity index is 1.05. The molecule has 6 heteroatoms. The Labute approximate surface area is 174 Å². The van der Waals surface area contributed by atoms with E-state index in [9.17, 15) is 4.79 Å². The maximum atomic E-state index is 13.0. The van der Waals surface area contributed by atoms with Crippen molar-refractivity contribution in [2.45, 2.75) is 43.1 Å². The first kappa shape index (κ1) is 17.7. The topological polar surface area (TPSA) is 68.5 Å². The van der Waals surface area contributed by atoms with Crippen molar-refractivity contribution in [1.82, 2.24) is 15.0 Å². The molecule has 0 radical (unpaired) electrons. The number of benzene rings is 2. The van der Waals surface area contributed by atoms with E-state index in [4.69, 9.17) is 9.26 Å². The third-order valence-electron chi connectivity index (χ3n) is 6.40. The molecule has 3 aromatic rings. The molecular formula is C24H23N3O3. The van der Waals surface area contributed by atoms with Gasteiger partial charge in [-0.15, -0.1) is 0 Å². The molecule has 0 N–H and O–H groups in total. The molecule has 6 nitrogen and oxygen atoms in total. The Kier molecular flexibility index (Phi) is 3.94. The molecule has 1 aliphatic heterocycles. The lowest BCUT2D eigenvalue weighted by molar-refractivity contribution is -0.142. The van der Waals surface area contributed by atoms with Gasteiger partial charge in [0.25, 0.3) is 0 Å². The summed E-state index contributed by atoms with van der Waals surface area (Å²) in [6.45, 7) is 1.29. The SMILES string of the molecule is O=C(N1CC(Oc2ccc(-c3noc(C4CC4)n3)cc2)C1)C1(c2ccccc2)CC1. The van der Waals surface area contributed by atoms with Crippen LogP contribution in [0.3, 0.4) is 0 Å². The van der Waals surface area contributed by atoms with Crippen LogP contribution in [0.25, 0.3) is 11.4 Å². The van der Waals surface area contributed by atoms with Gasteiger partial charge in [0, 0.05) is 11.5 Å². The van der Waals surface area contributed by atoms with Crippen LogP contribution in [0.2, 0.25) is 0 Å². The van der Waals surface area contributed by atoms with E-state index < -0.39 is 0 Å². The molecule has 152 valence electrons. The standard InChI is InChI=1S/C24H23N3O3/c28-23(24(12-13-24)18-4-2-1-3-5-18)27-14-20(15-27)29-19-10-8-16(9-11-19)21-25-22(30-26-21)17-6-7-17/h1-5,8-11,17,20H,6-7,12-15H2. The quantitative estimate of drug-likeness (QED) is 0.626. The van der Waals surface area contributed by atoms with Gasteiger partial charge in [0.05, 0.1) is 18.5 Å². The van der Waals surface area contributed by atoms with Gasteiger partial charge in [-0.25, -0.2) is 0 Å². The second-order valence-electron chi connectivity index (χ2n) is 8.65. The number of hydrogen-bond acceptors (Lipinski definition) is 5. The van der Waals surface area contributed by atoms with E-state index in [1.54, 1.807) is 0 Å². The average Bonchev–Trinajstić information content (AvgIpc) is 3.69. The maximum absolute atomic E-state index is 13.0. The summed E-state index contributed by atoms with van der Waals surface area (Å²) in [4.78, 5) is 19.4. The highest BCUT2D eigenvalue weighted by Gasteiger charge is 2.54. The summed E-state index contributed by atoms with van der Waals surface area (Å²) in [5, 5.41) is 4.08. The van der Waals surface area contributed by atoms with E-state index >= 15 is 0 Å². The van der Waals surface area contributed by atoms with Crippen LogP contribution in [0.15, 0.2) is 59.1 Å². The van der Waals surface area contributed by atoms with Gasteiger partial charge in [-0.2, -0.15) is 4.98 Å². The number of amides is 1. The molecule has 2 heterocycles. The van der Waals surface area contributed by atoms with Gasteiger partial charge in [0.15, 0.2) is 0 Å². The highest BCUT2D eigenvalue weighted by molar-refractivity contribution is 5.92. The molecule has 1 amide bonds. The zero-order chi connectivity index (χ0) is 20.1. The number of nitrogens with zero attached hydrogens (tertiary/aromatic N) is 3. The van der Waals surface area contributed by atoms with Gasteiger partial charge in [0.1, 0.15) is 11.9 Å². The summed E-state index contributed by atoms with van der Waals surface area (Å²) < 4.78 is 11.4. The van der Waals surface area contributed by atoms with Crippen molar-refractivity contribution in [3.8, 4) is 17.1 Å². The summed E-state index contributed by atoms with van der Waals surface area (Å²) in [6.07, 6.45) is 4.21. The molecule has 0 bridgehead atoms. The van der Waals surface area contributed by atoms with Crippen molar-refractivity contribution in [1.29, 1.82) is 0 Å². The third-order valence-corrected chi connectivity index (χ3v) is 6.40. The van der Waals surface area contributed by atoms with E-state index in [1.165, 1.54) is 0 Å². The van der Waals surface area contributed by atoms with Crippen LogP contribution < -0.4 is 4.74 Å². The van der Waals surface area contributed by atoms with Crippen molar-refractivity contribution in [3.63, 3.8) is 0 Å². The molecule has 1 aromatic heterocycles. The summed E-state index contributed by atoms with van der Waals surface area (Å²) in [6, 6.07) is 17.9. The van der Waals surface area contributed by atoms with Crippen LogP contribution in [0.5, 0.6) is 5.75 Å². The Morgan fingerprint density at radius 2 is 1.77 bits per heavy atom. The molecule has 2 aromatic carbocycles. The second kappa shape index (κ2) is 6.69. The van der Waals surface area contributed by atoms with E-state index in [0.29, 0.717) is 24.8 Å². The Morgan fingerprint density at radius 1 is 1.03 bits per heavy atom. The molecule has 30 heavy (non-hydrogen) atoms. The van der Waals surface area contributed by atoms with Crippen molar-refractivity contribution in [2.24, 2.45) is 0 Å². The first-order valence-electron chi connectivity index (χ1n) is 10.7. The van der Waals surface area contributed by atoms with E-state index in [2.05, 4.69) is 22.3 Å². The smallest absolute Gasteiger partial charge is 0.233 e. The fourth-order valence-electron chi connectivity index (χ4n) is 4.21. The van der Waals surface area contributed by atoms with Crippen LogP contribution in [0.4, 0.5) is 0 Å². The molecule has 3 fully saturated rings. The molecule has 0 unspecified atom stereocenters. The normalized spacial score (nSPS) is 19.9. The minimum absolute atomic E-state index is 0.0398. The highest BCUT2D eigenvalue weighted by atomic mass is 16.5. The van der Waals surface area contributed by atoms with Crippen molar-refractivity contribution in [3.05, 3.63) is 66.1 Å². The molecule has 2 saturated carbocycles. The van der Waals surface area contributed by atoms with Gasteiger partial charge in [-0.05, 0) is 55.5 Å². The molecule has 1 saturated heterocycles. The zero-order valence-corrected chi connectivity index (χ0v) is 16.7. The van der Waals surface area contributed by atoms with Gasteiger partial charge in [-0.1, -0.05) is 35.5 Å². The highest BCUT2D eigenvalue weighted by Crippen LogP contribution is 2.50. The van der Waals surface area contributed by atoms with Crippen LogP contribution in [0, 0.1) is 0 Å². The van der Waals surface area contributed by atoms with Crippen LogP contribution in [0.1, 0.15) is 43.1 Å². The number of carbonyl (C=O) groups excluding carboxylic acids is 1. The van der Waals surface area contributed by atoms with E-state index in [1.807, 2.05) is 47.4 Å². The third kappa shape index (κ3) is 3.07. The number of hydrogen-bond donors (Lipinski definition) is 0. The summed E-state index contributed by atoms with van der Waals surface area (Å²) >= 11 is 0. The second-order valence-corrected chi connectivity index (χ2v) is 8.65. The Morgan fingerprint density at radius 3 is 2.43 bits per heavy atom. The number of carbonyl (C=O) groups is 1. The number of likely N-dealkylation sites (tertiary alicyclic amines) is 1. The summed E-state index contributed by atoms with van der Waals surface area (Å²) in [7, 11) is 0. The number of aromatic nitrogens is 2. The lowest BCUT2D eigenvalue weighted by Gasteiger charge is -2.41. The van der Waals surface area contributed by atoms with Crippen LogP contribution in [-0.4, -0.2) is 40.1 Å². The summed E-state index contributed by atoms with van der Waals surface area (Å²) in [5.41, 5.74) is 1.76. The minimum Gasteiger partial charge on any atom is -0.487 e. The average molecular weight is 401 g/mol. The molecule has 0 spiro atoms. The minimum atomic E-state index is -0.294. The summed E-state index contributed by atoms with van der Waals surface area (Å²) in [5.74, 6) is 2.86. The number of rotatable bonds is 6. The molecule has 6 rings (SSSR count). The fourth-order valence-corrected chi connectivity index (χ4v) is 4.21. The predicted molar refractivity (Wildman–Crippen MR) is 110 cm³/mol. The van der Waals surface area contributed by atoms with Crippen molar-refractivity contribution in [2.75, 3.05) is 13.1 Å². The largest absolute Gasteiger partial charge is 0.487 e. The van der Waals surface area contributed by atoms with Crippen molar-refractivity contribution >= 4 is 5.91 Å². The van der Waals surface area contributed by atoms with Gasteiger partial charge in [-0.3, -0.25) is 4.79 Å².